The van der Waals surface area contributed by atoms with Crippen molar-refractivity contribution in [3.05, 3.63) is 69.2 Å². The van der Waals surface area contributed by atoms with E-state index in [-0.39, 0.29) is 0 Å². The number of benzene rings is 2. The Hall–Kier alpha value is -2.26. The lowest BCUT2D eigenvalue weighted by Crippen LogP contribution is -2.47. The van der Waals surface area contributed by atoms with E-state index in [1.807, 2.05) is 6.92 Å². The third-order valence-electron chi connectivity index (χ3n) is 4.03. The molecule has 2 N–H and O–H groups in total. The number of hydrogen-bond acceptors (Lipinski definition) is 4. The lowest BCUT2D eigenvalue weighted by Gasteiger charge is -2.23. The van der Waals surface area contributed by atoms with Crippen LogP contribution in [0.2, 0.25) is 10.0 Å². The summed E-state index contributed by atoms with van der Waals surface area (Å²) in [6, 6.07) is 12.2. The van der Waals surface area contributed by atoms with Gasteiger partial charge in [-0.05, 0) is 36.8 Å². The normalized spacial score (nSPS) is 10.2. The highest BCUT2D eigenvalue weighted by Gasteiger charge is 2.17. The summed E-state index contributed by atoms with van der Waals surface area (Å²) in [6.45, 7) is 1.87. The van der Waals surface area contributed by atoms with Crippen molar-refractivity contribution >= 4 is 69.4 Å². The van der Waals surface area contributed by atoms with Crippen molar-refractivity contribution in [2.75, 3.05) is 14.1 Å². The Morgan fingerprint density at radius 3 is 1.90 bits per heavy atom. The average Bonchev–Trinajstić information content (AvgIpc) is 2.67. The fourth-order valence-corrected chi connectivity index (χ4v) is 3.34. The van der Waals surface area contributed by atoms with Gasteiger partial charge >= 0.3 is 0 Å². The van der Waals surface area contributed by atoms with E-state index >= 15 is 0 Å². The molecule has 2 amide bonds. The summed E-state index contributed by atoms with van der Waals surface area (Å²) >= 11 is 22.6. The first-order chi connectivity index (χ1) is 14.1. The summed E-state index contributed by atoms with van der Waals surface area (Å²) < 4.78 is 0. The molecule has 0 fully saturated rings. The van der Waals surface area contributed by atoms with Crippen LogP contribution < -0.4 is 10.9 Å². The van der Waals surface area contributed by atoms with Crippen molar-refractivity contribution < 1.29 is 9.59 Å². The second-order valence-electron chi connectivity index (χ2n) is 6.44. The average molecular weight is 483 g/mol. The number of carbonyl (C=O) groups excluding carboxylic acids is 2. The first-order valence-electron chi connectivity index (χ1n) is 8.75. The molecular weight excluding hydrogens is 463 g/mol. The van der Waals surface area contributed by atoms with Gasteiger partial charge < -0.3 is 0 Å². The maximum absolute atomic E-state index is 12.2. The van der Waals surface area contributed by atoms with Crippen LogP contribution in [0.5, 0.6) is 0 Å². The van der Waals surface area contributed by atoms with E-state index in [4.69, 9.17) is 47.6 Å². The lowest BCUT2D eigenvalue weighted by molar-refractivity contribution is -0.132. The molecule has 30 heavy (non-hydrogen) atoms. The van der Waals surface area contributed by atoms with E-state index in [2.05, 4.69) is 10.9 Å². The third-order valence-corrected chi connectivity index (χ3v) is 5.52. The van der Waals surface area contributed by atoms with Crippen LogP contribution in [0.1, 0.15) is 23.1 Å². The molecule has 0 aliphatic heterocycles. The van der Waals surface area contributed by atoms with Gasteiger partial charge in [0.25, 0.3) is 0 Å². The first-order valence-corrected chi connectivity index (χ1v) is 10.3. The van der Waals surface area contributed by atoms with Crippen molar-refractivity contribution in [2.45, 2.75) is 13.3 Å². The van der Waals surface area contributed by atoms with Crippen LogP contribution in [-0.2, 0) is 9.59 Å². The molecule has 2 rings (SSSR count). The topological polar surface area (TPSA) is 64.7 Å². The second-order valence-corrected chi connectivity index (χ2v) is 8.09. The molecular formula is C20H20Cl2N4O2S2. The Kier molecular flexibility index (Phi) is 8.54. The maximum atomic E-state index is 12.2. The number of hydrogen-bond donors (Lipinski definition) is 2. The van der Waals surface area contributed by atoms with E-state index in [0.29, 0.717) is 25.6 Å². The molecule has 6 nitrogen and oxygen atoms in total. The van der Waals surface area contributed by atoms with Crippen LogP contribution in [0.3, 0.4) is 0 Å². The molecule has 2 aromatic carbocycles. The first kappa shape index (κ1) is 24.0. The summed E-state index contributed by atoms with van der Waals surface area (Å²) in [5, 5.41) is 3.95. The molecule has 0 bridgehead atoms. The minimum Gasteiger partial charge on any atom is -0.277 e. The molecule has 0 saturated carbocycles. The van der Waals surface area contributed by atoms with Crippen molar-refractivity contribution in [3.8, 4) is 0 Å². The van der Waals surface area contributed by atoms with Crippen LogP contribution in [-0.4, -0.2) is 45.9 Å². The molecule has 0 saturated heterocycles. The number of aryl methyl sites for hydroxylation is 1. The summed E-state index contributed by atoms with van der Waals surface area (Å²) in [5.41, 5.74) is 7.50. The Labute approximate surface area is 196 Å². The van der Waals surface area contributed by atoms with Gasteiger partial charge in [0.2, 0.25) is 11.8 Å². The number of thiocarbonyl (C=S) groups is 2. The zero-order valence-corrected chi connectivity index (χ0v) is 19.7. The fourth-order valence-electron chi connectivity index (χ4n) is 2.53. The summed E-state index contributed by atoms with van der Waals surface area (Å²) in [5.74, 6) is -1.04. The van der Waals surface area contributed by atoms with E-state index in [1.54, 1.807) is 56.6 Å². The zero-order valence-electron chi connectivity index (χ0n) is 16.5. The quantitative estimate of drug-likeness (QED) is 0.393. The van der Waals surface area contributed by atoms with Crippen molar-refractivity contribution in [2.24, 2.45) is 0 Å². The van der Waals surface area contributed by atoms with Gasteiger partial charge in [0.05, 0.1) is 0 Å². The predicted molar refractivity (Wildman–Crippen MR) is 127 cm³/mol. The van der Waals surface area contributed by atoms with Crippen molar-refractivity contribution in [1.29, 1.82) is 0 Å². The Morgan fingerprint density at radius 2 is 1.37 bits per heavy atom. The third kappa shape index (κ3) is 6.63. The SMILES string of the molecule is Cc1cc(Cl)ccc1C(=S)N(C)NC(=O)CC(=O)NN(C)C(=S)c1ccc(Cl)cc1. The second kappa shape index (κ2) is 10.7. The Balaban J connectivity index is 1.88. The van der Waals surface area contributed by atoms with Gasteiger partial charge in [0.15, 0.2) is 0 Å². The summed E-state index contributed by atoms with van der Waals surface area (Å²) in [7, 11) is 3.20. The molecule has 0 aliphatic carbocycles. The van der Waals surface area contributed by atoms with Gasteiger partial charge in [-0.15, -0.1) is 0 Å². The largest absolute Gasteiger partial charge is 0.277 e. The highest BCUT2D eigenvalue weighted by atomic mass is 35.5. The highest BCUT2D eigenvalue weighted by molar-refractivity contribution is 7.80. The number of halogens is 2. The molecule has 10 heteroatoms. The molecule has 0 spiro atoms. The van der Waals surface area contributed by atoms with Crippen molar-refractivity contribution in [3.63, 3.8) is 0 Å². The van der Waals surface area contributed by atoms with E-state index < -0.39 is 18.2 Å². The summed E-state index contributed by atoms with van der Waals surface area (Å²) in [6.07, 6.45) is -0.403. The molecule has 158 valence electrons. The van der Waals surface area contributed by atoms with Crippen LogP contribution in [0, 0.1) is 6.92 Å². The van der Waals surface area contributed by atoms with Gasteiger partial charge in [0.1, 0.15) is 16.4 Å². The number of nitrogens with one attached hydrogen (secondary N) is 2. The minimum atomic E-state index is -0.520. The van der Waals surface area contributed by atoms with E-state index in [0.717, 1.165) is 11.1 Å². The maximum Gasteiger partial charge on any atom is 0.248 e. The Morgan fingerprint density at radius 1 is 0.867 bits per heavy atom. The molecule has 0 atom stereocenters. The Bertz CT molecular complexity index is 983. The predicted octanol–water partition coefficient (Wildman–Crippen LogP) is 3.67. The van der Waals surface area contributed by atoms with E-state index in [9.17, 15) is 9.59 Å². The molecule has 0 heterocycles. The monoisotopic (exact) mass is 482 g/mol. The van der Waals surface area contributed by atoms with Crippen LogP contribution in [0.4, 0.5) is 0 Å². The standard InChI is InChI=1S/C20H20Cl2N4O2S2/c1-12-10-15(22)8-9-16(12)20(30)26(3)24-18(28)11-17(27)23-25(2)19(29)13-4-6-14(21)7-5-13/h4-10H,11H2,1-3H3,(H,23,27)(H,24,28). The number of hydrazine groups is 2. The zero-order chi connectivity index (χ0) is 22.4. The molecule has 0 aliphatic rings. The number of nitrogens with zero attached hydrogens (tertiary/aromatic N) is 2. The van der Waals surface area contributed by atoms with E-state index in [1.165, 1.54) is 10.0 Å². The fraction of sp³-hybridized carbons (Fsp3) is 0.200. The van der Waals surface area contributed by atoms with Crippen LogP contribution in [0.25, 0.3) is 0 Å². The number of rotatable bonds is 4. The van der Waals surface area contributed by atoms with Crippen molar-refractivity contribution in [1.82, 2.24) is 20.9 Å². The molecule has 0 aromatic heterocycles. The van der Waals surface area contributed by atoms with Gasteiger partial charge in [-0.1, -0.05) is 65.8 Å². The van der Waals surface area contributed by atoms with Gasteiger partial charge in [-0.25, -0.2) is 0 Å². The lowest BCUT2D eigenvalue weighted by atomic mass is 10.1. The van der Waals surface area contributed by atoms with Gasteiger partial charge in [-0.2, -0.15) is 0 Å². The molecule has 0 radical (unpaired) electrons. The van der Waals surface area contributed by atoms with Crippen LogP contribution in [0.15, 0.2) is 42.5 Å². The molecule has 0 unspecified atom stereocenters. The highest BCUT2D eigenvalue weighted by Crippen LogP contribution is 2.17. The molecule has 2 aromatic rings. The minimum absolute atomic E-state index is 0.386. The summed E-state index contributed by atoms with van der Waals surface area (Å²) in [4.78, 5) is 25.2. The number of carbonyl (C=O) groups is 2. The van der Waals surface area contributed by atoms with Crippen LogP contribution >= 0.6 is 47.6 Å². The smallest absolute Gasteiger partial charge is 0.248 e. The van der Waals surface area contributed by atoms with Gasteiger partial charge in [0, 0.05) is 35.3 Å². The number of amides is 2. The van der Waals surface area contributed by atoms with Gasteiger partial charge in [-0.3, -0.25) is 30.5 Å².